The largest absolute Gasteiger partial charge is 0.506 e. The van der Waals surface area contributed by atoms with Crippen molar-refractivity contribution in [1.82, 2.24) is 0 Å². The third-order valence-electron chi connectivity index (χ3n) is 2.25. The molecule has 14 heavy (non-hydrogen) atoms. The van der Waals surface area contributed by atoms with Crippen LogP contribution in [0.5, 0.6) is 11.5 Å². The van der Waals surface area contributed by atoms with Gasteiger partial charge in [0, 0.05) is 16.8 Å². The van der Waals surface area contributed by atoms with E-state index in [0.717, 1.165) is 10.8 Å². The van der Waals surface area contributed by atoms with Gasteiger partial charge in [0.2, 0.25) is 0 Å². The Hall–Kier alpha value is -1.90. The highest BCUT2D eigenvalue weighted by molar-refractivity contribution is 5.99. The molecular weight excluding hydrogens is 178 g/mol. The summed E-state index contributed by atoms with van der Waals surface area (Å²) >= 11 is 0. The van der Waals surface area contributed by atoms with Gasteiger partial charge in [0.15, 0.2) is 0 Å². The SMILES string of the molecule is COc1cc(O)c(N)c2ccccc12. The van der Waals surface area contributed by atoms with Crippen molar-refractivity contribution in [1.29, 1.82) is 0 Å². The summed E-state index contributed by atoms with van der Waals surface area (Å²) in [6, 6.07) is 9.06. The molecule has 72 valence electrons. The fourth-order valence-electron chi connectivity index (χ4n) is 1.52. The van der Waals surface area contributed by atoms with Crippen LogP contribution in [0.2, 0.25) is 0 Å². The Morgan fingerprint density at radius 1 is 1.21 bits per heavy atom. The number of hydrogen-bond acceptors (Lipinski definition) is 3. The number of phenols is 1. The number of anilines is 1. The maximum atomic E-state index is 9.52. The molecule has 0 amide bonds. The number of nitrogen functional groups attached to an aromatic ring is 1. The van der Waals surface area contributed by atoms with Crippen molar-refractivity contribution in [2.75, 3.05) is 12.8 Å². The summed E-state index contributed by atoms with van der Waals surface area (Å²) in [6.45, 7) is 0. The fourth-order valence-corrected chi connectivity index (χ4v) is 1.52. The van der Waals surface area contributed by atoms with E-state index in [1.165, 1.54) is 6.07 Å². The van der Waals surface area contributed by atoms with Crippen LogP contribution in [0.4, 0.5) is 5.69 Å². The van der Waals surface area contributed by atoms with E-state index in [4.69, 9.17) is 10.5 Å². The second kappa shape index (κ2) is 3.10. The molecule has 0 bridgehead atoms. The Kier molecular flexibility index (Phi) is 1.93. The lowest BCUT2D eigenvalue weighted by atomic mass is 10.1. The van der Waals surface area contributed by atoms with Crippen LogP contribution >= 0.6 is 0 Å². The van der Waals surface area contributed by atoms with Crippen molar-refractivity contribution < 1.29 is 9.84 Å². The first-order valence-corrected chi connectivity index (χ1v) is 4.28. The van der Waals surface area contributed by atoms with Gasteiger partial charge in [-0.05, 0) is 0 Å². The molecule has 3 nitrogen and oxygen atoms in total. The molecule has 2 aromatic carbocycles. The minimum atomic E-state index is 0.0561. The van der Waals surface area contributed by atoms with Gasteiger partial charge < -0.3 is 15.6 Å². The van der Waals surface area contributed by atoms with E-state index in [-0.39, 0.29) is 5.75 Å². The summed E-state index contributed by atoms with van der Waals surface area (Å²) in [7, 11) is 1.57. The molecular formula is C11H11NO2. The first-order valence-electron chi connectivity index (χ1n) is 4.28. The summed E-state index contributed by atoms with van der Waals surface area (Å²) in [5.74, 6) is 0.688. The van der Waals surface area contributed by atoms with Crippen LogP contribution in [0, 0.1) is 0 Å². The highest BCUT2D eigenvalue weighted by Gasteiger charge is 2.08. The van der Waals surface area contributed by atoms with Crippen LogP contribution in [0.25, 0.3) is 10.8 Å². The van der Waals surface area contributed by atoms with E-state index in [2.05, 4.69) is 0 Å². The molecule has 2 rings (SSSR count). The molecule has 2 aromatic rings. The zero-order chi connectivity index (χ0) is 10.1. The van der Waals surface area contributed by atoms with Gasteiger partial charge in [-0.15, -0.1) is 0 Å². The molecule has 3 heteroatoms. The Morgan fingerprint density at radius 2 is 1.86 bits per heavy atom. The molecule has 0 spiro atoms. The molecule has 0 atom stereocenters. The van der Waals surface area contributed by atoms with E-state index in [1.807, 2.05) is 24.3 Å². The standard InChI is InChI=1S/C11H11NO2/c1-14-10-6-9(13)11(12)8-5-3-2-4-7(8)10/h2-6,13H,12H2,1H3. The molecule has 0 saturated heterocycles. The number of hydrogen-bond donors (Lipinski definition) is 2. The number of nitrogens with two attached hydrogens (primary N) is 1. The van der Waals surface area contributed by atoms with Gasteiger partial charge in [0.05, 0.1) is 12.8 Å². The van der Waals surface area contributed by atoms with Crippen molar-refractivity contribution in [3.05, 3.63) is 30.3 Å². The van der Waals surface area contributed by atoms with E-state index in [1.54, 1.807) is 7.11 Å². The Morgan fingerprint density at radius 3 is 2.50 bits per heavy atom. The molecule has 0 heterocycles. The molecule has 0 aliphatic rings. The van der Waals surface area contributed by atoms with E-state index in [0.29, 0.717) is 11.4 Å². The monoisotopic (exact) mass is 189 g/mol. The Bertz CT molecular complexity index is 480. The third-order valence-corrected chi connectivity index (χ3v) is 2.25. The van der Waals surface area contributed by atoms with Crippen LogP contribution in [0.1, 0.15) is 0 Å². The molecule has 0 unspecified atom stereocenters. The van der Waals surface area contributed by atoms with Gasteiger partial charge in [-0.3, -0.25) is 0 Å². The maximum absolute atomic E-state index is 9.52. The molecule has 0 aliphatic carbocycles. The minimum absolute atomic E-state index is 0.0561. The van der Waals surface area contributed by atoms with Crippen molar-refractivity contribution in [2.45, 2.75) is 0 Å². The van der Waals surface area contributed by atoms with Crippen LogP contribution in [0.15, 0.2) is 30.3 Å². The van der Waals surface area contributed by atoms with E-state index < -0.39 is 0 Å². The molecule has 0 radical (unpaired) electrons. The zero-order valence-electron chi connectivity index (χ0n) is 7.82. The molecule has 3 N–H and O–H groups in total. The van der Waals surface area contributed by atoms with Crippen molar-refractivity contribution in [3.8, 4) is 11.5 Å². The normalized spacial score (nSPS) is 10.4. The van der Waals surface area contributed by atoms with Gasteiger partial charge >= 0.3 is 0 Å². The van der Waals surface area contributed by atoms with Gasteiger partial charge in [-0.2, -0.15) is 0 Å². The molecule has 0 saturated carbocycles. The minimum Gasteiger partial charge on any atom is -0.506 e. The number of phenolic OH excluding ortho intramolecular Hbond substituents is 1. The first kappa shape index (κ1) is 8.69. The lowest BCUT2D eigenvalue weighted by molar-refractivity contribution is 0.413. The smallest absolute Gasteiger partial charge is 0.142 e. The molecule has 0 aromatic heterocycles. The quantitative estimate of drug-likeness (QED) is 0.533. The predicted octanol–water partition coefficient (Wildman–Crippen LogP) is 2.14. The van der Waals surface area contributed by atoms with E-state index in [9.17, 15) is 5.11 Å². The van der Waals surface area contributed by atoms with Crippen molar-refractivity contribution >= 4 is 16.5 Å². The van der Waals surface area contributed by atoms with Crippen LogP contribution in [0.3, 0.4) is 0 Å². The maximum Gasteiger partial charge on any atom is 0.142 e. The van der Waals surface area contributed by atoms with Gasteiger partial charge in [0.1, 0.15) is 11.5 Å². The Balaban J connectivity index is 2.89. The number of ether oxygens (including phenoxy) is 1. The Labute approximate surface area is 81.7 Å². The van der Waals surface area contributed by atoms with Crippen LogP contribution in [-0.2, 0) is 0 Å². The van der Waals surface area contributed by atoms with Gasteiger partial charge in [-0.25, -0.2) is 0 Å². The lowest BCUT2D eigenvalue weighted by Gasteiger charge is -2.09. The second-order valence-electron chi connectivity index (χ2n) is 3.06. The highest BCUT2D eigenvalue weighted by atomic mass is 16.5. The summed E-state index contributed by atoms with van der Waals surface area (Å²) in [6.07, 6.45) is 0. The molecule has 0 fully saturated rings. The number of aromatic hydroxyl groups is 1. The highest BCUT2D eigenvalue weighted by Crippen LogP contribution is 2.36. The summed E-state index contributed by atoms with van der Waals surface area (Å²) in [5.41, 5.74) is 6.13. The summed E-state index contributed by atoms with van der Waals surface area (Å²) < 4.78 is 5.15. The average Bonchev–Trinajstić information content (AvgIpc) is 2.23. The van der Waals surface area contributed by atoms with Crippen LogP contribution in [-0.4, -0.2) is 12.2 Å². The number of rotatable bonds is 1. The number of benzene rings is 2. The predicted molar refractivity (Wildman–Crippen MR) is 56.6 cm³/mol. The average molecular weight is 189 g/mol. The second-order valence-corrected chi connectivity index (χ2v) is 3.06. The fraction of sp³-hybridized carbons (Fsp3) is 0.0909. The van der Waals surface area contributed by atoms with Gasteiger partial charge in [0.25, 0.3) is 0 Å². The topological polar surface area (TPSA) is 55.5 Å². The first-order chi connectivity index (χ1) is 6.74. The van der Waals surface area contributed by atoms with Crippen molar-refractivity contribution in [2.24, 2.45) is 0 Å². The summed E-state index contributed by atoms with van der Waals surface area (Å²) in [5, 5.41) is 11.2. The third kappa shape index (κ3) is 1.14. The van der Waals surface area contributed by atoms with E-state index >= 15 is 0 Å². The van der Waals surface area contributed by atoms with Crippen LogP contribution < -0.4 is 10.5 Å². The summed E-state index contributed by atoms with van der Waals surface area (Å²) in [4.78, 5) is 0. The zero-order valence-corrected chi connectivity index (χ0v) is 7.82. The lowest BCUT2D eigenvalue weighted by Crippen LogP contribution is -1.91. The molecule has 0 aliphatic heterocycles. The number of methoxy groups -OCH3 is 1. The van der Waals surface area contributed by atoms with Crippen molar-refractivity contribution in [3.63, 3.8) is 0 Å². The van der Waals surface area contributed by atoms with Gasteiger partial charge in [-0.1, -0.05) is 24.3 Å². The number of fused-ring (bicyclic) bond motifs is 1.